The number of fused-ring (bicyclic) bond motifs is 1. The van der Waals surface area contributed by atoms with Crippen molar-refractivity contribution in [2.75, 3.05) is 37.0 Å². The lowest BCUT2D eigenvalue weighted by Gasteiger charge is -2.37. The lowest BCUT2D eigenvalue weighted by Crippen LogP contribution is -2.40. The molecule has 2 saturated heterocycles. The maximum atomic E-state index is 14.3. The van der Waals surface area contributed by atoms with Gasteiger partial charge >= 0.3 is 6.03 Å². The zero-order valence-corrected chi connectivity index (χ0v) is 22.3. The fourth-order valence-corrected chi connectivity index (χ4v) is 6.39. The normalized spacial score (nSPS) is 24.3. The first-order chi connectivity index (χ1) is 18.9. The van der Waals surface area contributed by atoms with Crippen LogP contribution in [0.5, 0.6) is 0 Å². The number of nitrogens with zero attached hydrogens (tertiary/aromatic N) is 5. The molecule has 2 aliphatic heterocycles. The number of aromatic nitrogens is 2. The Labute approximate surface area is 226 Å². The Hall–Kier alpha value is -3.53. The van der Waals surface area contributed by atoms with Crippen molar-refractivity contribution in [3.63, 3.8) is 0 Å². The minimum absolute atomic E-state index is 0.0470. The maximum absolute atomic E-state index is 14.3. The Morgan fingerprint density at radius 2 is 1.69 bits per heavy atom. The molecule has 3 heterocycles. The van der Waals surface area contributed by atoms with E-state index in [9.17, 15) is 18.4 Å². The molecule has 1 atom stereocenters. The Balaban J connectivity index is 1.46. The fraction of sp³-hybridized carbons (Fsp3) is 0.483. The SMILES string of the molecule is COC1CCC(n2c(C3CCCC(=O)N3c3ccc(F)c(F)c3)nc3cc(N4CCN(C)C4=O)ccc32)CC1. The quantitative estimate of drug-likeness (QED) is 0.426. The zero-order chi connectivity index (χ0) is 27.3. The van der Waals surface area contributed by atoms with Crippen LogP contribution >= 0.6 is 0 Å². The zero-order valence-electron chi connectivity index (χ0n) is 22.3. The molecule has 1 unspecified atom stereocenters. The topological polar surface area (TPSA) is 70.9 Å². The van der Waals surface area contributed by atoms with Gasteiger partial charge in [-0.05, 0) is 68.9 Å². The van der Waals surface area contributed by atoms with Gasteiger partial charge in [0.05, 0.1) is 23.2 Å². The van der Waals surface area contributed by atoms with E-state index in [0.29, 0.717) is 38.0 Å². The highest BCUT2D eigenvalue weighted by atomic mass is 19.2. The highest BCUT2D eigenvalue weighted by Crippen LogP contribution is 2.41. The van der Waals surface area contributed by atoms with Gasteiger partial charge in [-0.1, -0.05) is 0 Å². The number of benzene rings is 2. The number of carbonyl (C=O) groups excluding carboxylic acids is 2. The van der Waals surface area contributed by atoms with Gasteiger partial charge in [0, 0.05) is 57.2 Å². The molecule has 3 amide bonds. The number of likely N-dealkylation sites (N-methyl/N-ethyl adjacent to an activating group) is 1. The molecule has 2 aromatic carbocycles. The van der Waals surface area contributed by atoms with Gasteiger partial charge in [-0.15, -0.1) is 0 Å². The van der Waals surface area contributed by atoms with Gasteiger partial charge in [0.15, 0.2) is 11.6 Å². The molecule has 206 valence electrons. The minimum Gasteiger partial charge on any atom is -0.381 e. The fourth-order valence-electron chi connectivity index (χ4n) is 6.39. The summed E-state index contributed by atoms with van der Waals surface area (Å²) in [7, 11) is 3.53. The number of anilines is 2. The third-order valence-electron chi connectivity index (χ3n) is 8.50. The molecule has 1 aliphatic carbocycles. The summed E-state index contributed by atoms with van der Waals surface area (Å²) in [5.41, 5.74) is 2.81. The molecule has 0 spiro atoms. The number of hydrogen-bond donors (Lipinski definition) is 0. The molecule has 8 nitrogen and oxygen atoms in total. The molecule has 3 aliphatic rings. The van der Waals surface area contributed by atoms with Crippen molar-refractivity contribution in [2.45, 2.75) is 63.1 Å². The van der Waals surface area contributed by atoms with E-state index >= 15 is 0 Å². The van der Waals surface area contributed by atoms with Crippen molar-refractivity contribution in [3.8, 4) is 0 Å². The van der Waals surface area contributed by atoms with Gasteiger partial charge in [0.25, 0.3) is 0 Å². The number of methoxy groups -OCH3 is 1. The standard InChI is InChI=1S/C29H33F2N5O3/c1-33-14-15-34(29(33)38)19-9-13-25-24(17-19)32-28(36(25)18-6-10-21(39-2)11-7-18)26-4-3-5-27(37)35(26)20-8-12-22(30)23(31)16-20/h8-9,12-13,16-18,21,26H,3-7,10-11,14-15H2,1-2H3. The Morgan fingerprint density at radius 1 is 0.923 bits per heavy atom. The number of hydrogen-bond acceptors (Lipinski definition) is 4. The average molecular weight is 538 g/mol. The minimum atomic E-state index is -0.985. The highest BCUT2D eigenvalue weighted by molar-refractivity contribution is 5.97. The molecule has 3 fully saturated rings. The number of rotatable bonds is 5. The summed E-state index contributed by atoms with van der Waals surface area (Å²) in [5.74, 6) is -1.33. The Morgan fingerprint density at radius 3 is 2.38 bits per heavy atom. The smallest absolute Gasteiger partial charge is 0.324 e. The summed E-state index contributed by atoms with van der Waals surface area (Å²) in [6.45, 7) is 1.27. The van der Waals surface area contributed by atoms with Crippen LogP contribution in [0.2, 0.25) is 0 Å². The molecule has 3 aromatic rings. The number of ether oxygens (including phenoxy) is 1. The lowest BCUT2D eigenvalue weighted by molar-refractivity contribution is -0.120. The van der Waals surface area contributed by atoms with Crippen molar-refractivity contribution >= 4 is 34.3 Å². The monoisotopic (exact) mass is 537 g/mol. The summed E-state index contributed by atoms with van der Waals surface area (Å²) in [5, 5.41) is 0. The molecule has 0 bridgehead atoms. The lowest BCUT2D eigenvalue weighted by atomic mass is 9.92. The molecule has 1 saturated carbocycles. The van der Waals surface area contributed by atoms with Crippen LogP contribution in [-0.4, -0.2) is 59.7 Å². The summed E-state index contributed by atoms with van der Waals surface area (Å²) >= 11 is 0. The van der Waals surface area contributed by atoms with Crippen molar-refractivity contribution in [1.82, 2.24) is 14.5 Å². The van der Waals surface area contributed by atoms with Gasteiger partial charge in [-0.2, -0.15) is 0 Å². The predicted octanol–water partition coefficient (Wildman–Crippen LogP) is 5.57. The highest BCUT2D eigenvalue weighted by Gasteiger charge is 2.37. The predicted molar refractivity (Wildman–Crippen MR) is 144 cm³/mol. The first kappa shape index (κ1) is 25.7. The second-order valence-corrected chi connectivity index (χ2v) is 10.8. The van der Waals surface area contributed by atoms with Crippen LogP contribution in [0.15, 0.2) is 36.4 Å². The second kappa shape index (κ2) is 10.2. The van der Waals surface area contributed by atoms with E-state index in [2.05, 4.69) is 4.57 Å². The third kappa shape index (κ3) is 4.54. The molecule has 39 heavy (non-hydrogen) atoms. The van der Waals surface area contributed by atoms with Crippen LogP contribution in [0.3, 0.4) is 0 Å². The molecule has 1 aromatic heterocycles. The Bertz CT molecular complexity index is 1420. The number of imidazole rings is 1. The van der Waals surface area contributed by atoms with E-state index in [1.807, 2.05) is 18.2 Å². The molecular weight excluding hydrogens is 504 g/mol. The first-order valence-electron chi connectivity index (χ1n) is 13.7. The molecule has 0 N–H and O–H groups in total. The van der Waals surface area contributed by atoms with E-state index in [4.69, 9.17) is 9.72 Å². The van der Waals surface area contributed by atoms with Gasteiger partial charge in [0.1, 0.15) is 5.82 Å². The van der Waals surface area contributed by atoms with E-state index in [0.717, 1.165) is 60.4 Å². The number of urea groups is 1. The van der Waals surface area contributed by atoms with Crippen molar-refractivity contribution in [1.29, 1.82) is 0 Å². The molecular formula is C29H33F2N5O3. The molecule has 10 heteroatoms. The Kier molecular flexibility index (Phi) is 6.74. The number of carbonyl (C=O) groups is 2. The number of piperidine rings is 1. The largest absolute Gasteiger partial charge is 0.381 e. The van der Waals surface area contributed by atoms with E-state index < -0.39 is 17.7 Å². The van der Waals surface area contributed by atoms with Crippen LogP contribution < -0.4 is 9.80 Å². The van der Waals surface area contributed by atoms with Crippen LogP contribution in [0, 0.1) is 11.6 Å². The maximum Gasteiger partial charge on any atom is 0.324 e. The van der Waals surface area contributed by atoms with Crippen molar-refractivity contribution in [2.24, 2.45) is 0 Å². The van der Waals surface area contributed by atoms with Gasteiger partial charge in [-0.3, -0.25) is 9.69 Å². The second-order valence-electron chi connectivity index (χ2n) is 10.8. The number of halogens is 2. The summed E-state index contributed by atoms with van der Waals surface area (Å²) in [6.07, 6.45) is 5.54. The third-order valence-corrected chi connectivity index (χ3v) is 8.50. The van der Waals surface area contributed by atoms with Gasteiger partial charge in [-0.25, -0.2) is 18.6 Å². The van der Waals surface area contributed by atoms with E-state index in [1.54, 1.807) is 28.9 Å². The van der Waals surface area contributed by atoms with E-state index in [-0.39, 0.29) is 24.1 Å². The van der Waals surface area contributed by atoms with E-state index in [1.165, 1.54) is 6.07 Å². The van der Waals surface area contributed by atoms with Crippen LogP contribution in [0.25, 0.3) is 11.0 Å². The van der Waals surface area contributed by atoms with Crippen molar-refractivity contribution < 1.29 is 23.1 Å². The van der Waals surface area contributed by atoms with Crippen LogP contribution in [0.4, 0.5) is 25.0 Å². The summed E-state index contributed by atoms with van der Waals surface area (Å²) < 4.78 is 35.9. The number of amides is 3. The van der Waals surface area contributed by atoms with Crippen molar-refractivity contribution in [3.05, 3.63) is 53.9 Å². The van der Waals surface area contributed by atoms with Gasteiger partial charge in [0.2, 0.25) is 5.91 Å². The van der Waals surface area contributed by atoms with Crippen LogP contribution in [-0.2, 0) is 9.53 Å². The summed E-state index contributed by atoms with van der Waals surface area (Å²) in [6, 6.07) is 9.22. The molecule has 6 rings (SSSR count). The van der Waals surface area contributed by atoms with Gasteiger partial charge < -0.3 is 19.1 Å². The molecule has 0 radical (unpaired) electrons. The average Bonchev–Trinajstić information content (AvgIpc) is 3.49. The summed E-state index contributed by atoms with van der Waals surface area (Å²) in [4.78, 5) is 36.1. The first-order valence-corrected chi connectivity index (χ1v) is 13.7. The van der Waals surface area contributed by atoms with Crippen LogP contribution in [0.1, 0.15) is 62.9 Å².